The highest BCUT2D eigenvalue weighted by atomic mass is 16.5. The largest absolute Gasteiger partial charge is 0.477 e. The summed E-state index contributed by atoms with van der Waals surface area (Å²) in [6.45, 7) is 5.88. The standard InChI is InChI=1S/C29H39N5O2/c1-32(24-7-3-2-4-8-24)18-22-12-14-28(30-17-22)35-21-23-11-13-25-20-34(16-15-33(25)19-23)29-26-9-5-6-10-27(26)36-31-29/h5-6,9-10,12,14,17,23-25H,2-4,7-8,11,13,15-16,18-21H2,1H3/t23-,25+/m1/s1. The van der Waals surface area contributed by atoms with E-state index < -0.39 is 0 Å². The highest BCUT2D eigenvalue weighted by Crippen LogP contribution is 2.31. The van der Waals surface area contributed by atoms with Crippen LogP contribution in [0.4, 0.5) is 5.82 Å². The number of anilines is 1. The van der Waals surface area contributed by atoms with E-state index >= 15 is 0 Å². The van der Waals surface area contributed by atoms with Gasteiger partial charge in [0.05, 0.1) is 12.0 Å². The Bertz CT molecular complexity index is 1130. The minimum Gasteiger partial charge on any atom is -0.477 e. The van der Waals surface area contributed by atoms with Crippen molar-refractivity contribution in [1.29, 1.82) is 0 Å². The molecule has 0 unspecified atom stereocenters. The zero-order valence-corrected chi connectivity index (χ0v) is 21.5. The molecule has 4 heterocycles. The van der Waals surface area contributed by atoms with Crippen LogP contribution in [0, 0.1) is 5.92 Å². The van der Waals surface area contributed by atoms with Gasteiger partial charge in [-0.2, -0.15) is 0 Å². The summed E-state index contributed by atoms with van der Waals surface area (Å²) in [6, 6.07) is 13.7. The number of nitrogens with zero attached hydrogens (tertiary/aromatic N) is 5. The highest BCUT2D eigenvalue weighted by molar-refractivity contribution is 5.88. The second kappa shape index (κ2) is 10.8. The number of hydrogen-bond donors (Lipinski definition) is 0. The van der Waals surface area contributed by atoms with Crippen molar-refractivity contribution in [1.82, 2.24) is 19.9 Å². The van der Waals surface area contributed by atoms with Crippen LogP contribution >= 0.6 is 0 Å². The average Bonchev–Trinajstić information content (AvgIpc) is 3.37. The van der Waals surface area contributed by atoms with Crippen LogP contribution < -0.4 is 9.64 Å². The Kier molecular flexibility index (Phi) is 7.10. The van der Waals surface area contributed by atoms with Crippen molar-refractivity contribution in [3.8, 4) is 5.88 Å². The van der Waals surface area contributed by atoms with Gasteiger partial charge in [-0.3, -0.25) is 9.80 Å². The lowest BCUT2D eigenvalue weighted by Crippen LogP contribution is -2.57. The number of rotatable bonds is 7. The second-order valence-electron chi connectivity index (χ2n) is 11.1. The van der Waals surface area contributed by atoms with Crippen molar-refractivity contribution in [2.75, 3.05) is 44.7 Å². The van der Waals surface area contributed by atoms with Crippen molar-refractivity contribution < 1.29 is 9.26 Å². The molecule has 0 bridgehead atoms. The maximum Gasteiger partial charge on any atom is 0.213 e. The highest BCUT2D eigenvalue weighted by Gasteiger charge is 2.34. The molecule has 1 saturated carbocycles. The normalized spacial score (nSPS) is 23.8. The lowest BCUT2D eigenvalue weighted by atomic mass is 9.91. The van der Waals surface area contributed by atoms with Gasteiger partial charge >= 0.3 is 0 Å². The quantitative estimate of drug-likeness (QED) is 0.465. The summed E-state index contributed by atoms with van der Waals surface area (Å²) >= 11 is 0. The molecule has 192 valence electrons. The van der Waals surface area contributed by atoms with Crippen molar-refractivity contribution in [2.45, 2.75) is 63.6 Å². The first-order chi connectivity index (χ1) is 17.7. The van der Waals surface area contributed by atoms with Gasteiger partial charge in [0, 0.05) is 63.0 Å². The minimum atomic E-state index is 0.555. The van der Waals surface area contributed by atoms with E-state index in [1.165, 1.54) is 50.5 Å². The first-order valence-corrected chi connectivity index (χ1v) is 13.8. The Balaban J connectivity index is 0.972. The van der Waals surface area contributed by atoms with Crippen LogP contribution in [0.1, 0.15) is 50.5 Å². The topological polar surface area (TPSA) is 57.9 Å². The number of piperazine rings is 1. The predicted molar refractivity (Wildman–Crippen MR) is 142 cm³/mol. The van der Waals surface area contributed by atoms with Crippen molar-refractivity contribution in [2.24, 2.45) is 5.92 Å². The summed E-state index contributed by atoms with van der Waals surface area (Å²) in [6.07, 6.45) is 11.2. The smallest absolute Gasteiger partial charge is 0.213 e. The fourth-order valence-corrected chi connectivity index (χ4v) is 6.42. The number of hydrogen-bond acceptors (Lipinski definition) is 7. The Morgan fingerprint density at radius 2 is 1.89 bits per heavy atom. The number of ether oxygens (including phenoxy) is 1. The third-order valence-corrected chi connectivity index (χ3v) is 8.56. The fraction of sp³-hybridized carbons (Fsp3) is 0.586. The molecular formula is C29H39N5O2. The van der Waals surface area contributed by atoms with Crippen molar-refractivity contribution in [3.05, 3.63) is 48.2 Å². The SMILES string of the molecule is CN(Cc1ccc(OC[C@@H]2CC[C@H]3CN(c4noc5ccccc45)CCN3C2)nc1)C1CCCCC1. The van der Waals surface area contributed by atoms with Gasteiger partial charge in [0.25, 0.3) is 0 Å². The molecule has 2 aromatic heterocycles. The maximum absolute atomic E-state index is 6.15. The van der Waals surface area contributed by atoms with E-state index in [2.05, 4.69) is 56.2 Å². The molecule has 0 N–H and O–H groups in total. The molecule has 6 rings (SSSR count). The summed E-state index contributed by atoms with van der Waals surface area (Å²) < 4.78 is 11.7. The van der Waals surface area contributed by atoms with Gasteiger partial charge < -0.3 is 14.2 Å². The summed E-state index contributed by atoms with van der Waals surface area (Å²) in [7, 11) is 2.25. The molecule has 0 radical (unpaired) electrons. The number of pyridine rings is 1. The lowest BCUT2D eigenvalue weighted by Gasteiger charge is -2.46. The van der Waals surface area contributed by atoms with Gasteiger partial charge in [0.1, 0.15) is 0 Å². The van der Waals surface area contributed by atoms with E-state index in [1.54, 1.807) is 0 Å². The zero-order valence-electron chi connectivity index (χ0n) is 21.5. The molecule has 7 heteroatoms. The molecule has 2 saturated heterocycles. The van der Waals surface area contributed by atoms with Crippen LogP contribution in [0.2, 0.25) is 0 Å². The summed E-state index contributed by atoms with van der Waals surface area (Å²) in [5.41, 5.74) is 2.14. The van der Waals surface area contributed by atoms with Gasteiger partial charge in [-0.1, -0.05) is 42.6 Å². The lowest BCUT2D eigenvalue weighted by molar-refractivity contribution is 0.0716. The molecule has 3 aromatic rings. The van der Waals surface area contributed by atoms with Crippen LogP contribution in [0.15, 0.2) is 47.1 Å². The van der Waals surface area contributed by atoms with Gasteiger partial charge in [-0.25, -0.2) is 4.98 Å². The molecule has 2 aliphatic heterocycles. The van der Waals surface area contributed by atoms with Gasteiger partial charge in [0.2, 0.25) is 5.88 Å². The Hall–Kier alpha value is -2.64. The predicted octanol–water partition coefficient (Wildman–Crippen LogP) is 4.97. The molecule has 3 fully saturated rings. The number of para-hydroxylation sites is 1. The maximum atomic E-state index is 6.15. The van der Waals surface area contributed by atoms with Gasteiger partial charge in [0.15, 0.2) is 11.4 Å². The molecular weight excluding hydrogens is 450 g/mol. The van der Waals surface area contributed by atoms with E-state index in [1.807, 2.05) is 18.3 Å². The van der Waals surface area contributed by atoms with Gasteiger partial charge in [-0.15, -0.1) is 0 Å². The second-order valence-corrected chi connectivity index (χ2v) is 11.1. The van der Waals surface area contributed by atoms with E-state index in [9.17, 15) is 0 Å². The zero-order chi connectivity index (χ0) is 24.3. The van der Waals surface area contributed by atoms with Crippen molar-refractivity contribution >= 4 is 16.8 Å². The number of aromatic nitrogens is 2. The molecule has 1 aromatic carbocycles. The molecule has 7 nitrogen and oxygen atoms in total. The van der Waals surface area contributed by atoms with E-state index in [4.69, 9.17) is 9.26 Å². The summed E-state index contributed by atoms with van der Waals surface area (Å²) in [5.74, 6) is 2.30. The Labute approximate surface area is 214 Å². The van der Waals surface area contributed by atoms with E-state index in [0.717, 1.165) is 68.0 Å². The molecule has 36 heavy (non-hydrogen) atoms. The number of piperidine rings is 1. The molecule has 0 spiro atoms. The molecule has 3 aliphatic rings. The third-order valence-electron chi connectivity index (χ3n) is 8.56. The van der Waals surface area contributed by atoms with E-state index in [0.29, 0.717) is 12.0 Å². The van der Waals surface area contributed by atoms with Crippen molar-refractivity contribution in [3.63, 3.8) is 0 Å². The Morgan fingerprint density at radius 3 is 2.75 bits per heavy atom. The molecule has 0 amide bonds. The first-order valence-electron chi connectivity index (χ1n) is 13.8. The Morgan fingerprint density at radius 1 is 1.00 bits per heavy atom. The van der Waals surface area contributed by atoms with Crippen LogP contribution in [0.3, 0.4) is 0 Å². The molecule has 2 atom stereocenters. The number of benzene rings is 1. The first kappa shape index (κ1) is 23.7. The third kappa shape index (κ3) is 5.23. The van der Waals surface area contributed by atoms with Gasteiger partial charge in [-0.05, 0) is 50.4 Å². The van der Waals surface area contributed by atoms with E-state index in [-0.39, 0.29) is 0 Å². The fourth-order valence-electron chi connectivity index (χ4n) is 6.42. The summed E-state index contributed by atoms with van der Waals surface area (Å²) in [5, 5.41) is 5.50. The van der Waals surface area contributed by atoms with Crippen LogP contribution in [-0.4, -0.2) is 71.9 Å². The average molecular weight is 490 g/mol. The number of fused-ring (bicyclic) bond motifs is 2. The summed E-state index contributed by atoms with van der Waals surface area (Å²) in [4.78, 5) is 12.2. The monoisotopic (exact) mass is 489 g/mol. The minimum absolute atomic E-state index is 0.555. The molecule has 1 aliphatic carbocycles. The van der Waals surface area contributed by atoms with Crippen LogP contribution in [0.25, 0.3) is 11.0 Å². The van der Waals surface area contributed by atoms with Crippen LogP contribution in [0.5, 0.6) is 5.88 Å². The van der Waals surface area contributed by atoms with Crippen LogP contribution in [-0.2, 0) is 6.54 Å².